The van der Waals surface area contributed by atoms with Crippen molar-refractivity contribution in [2.24, 2.45) is 11.8 Å². The van der Waals surface area contributed by atoms with Gasteiger partial charge in [0.1, 0.15) is 11.8 Å². The van der Waals surface area contributed by atoms with E-state index in [0.717, 1.165) is 0 Å². The monoisotopic (exact) mass is 313 g/mol. The molecule has 0 radical (unpaired) electrons. The number of halogens is 1. The van der Waals surface area contributed by atoms with Crippen LogP contribution in [0.2, 0.25) is 0 Å². The molecule has 1 fully saturated rings. The summed E-state index contributed by atoms with van der Waals surface area (Å²) >= 11 is 0. The van der Waals surface area contributed by atoms with Crippen LogP contribution in [-0.4, -0.2) is 50.2 Å². The summed E-state index contributed by atoms with van der Waals surface area (Å²) in [6.45, 7) is 2.93. The van der Waals surface area contributed by atoms with Gasteiger partial charge in [-0.15, -0.1) is 17.0 Å². The van der Waals surface area contributed by atoms with Gasteiger partial charge in [0.25, 0.3) is 0 Å². The molecule has 0 aromatic carbocycles. The highest BCUT2D eigenvalue weighted by Gasteiger charge is 2.57. The fourth-order valence-corrected chi connectivity index (χ4v) is 2.33. The summed E-state index contributed by atoms with van der Waals surface area (Å²) in [5.41, 5.74) is 0. The first-order chi connectivity index (χ1) is 7.19. The van der Waals surface area contributed by atoms with Crippen LogP contribution in [0.1, 0.15) is 13.8 Å². The van der Waals surface area contributed by atoms with Crippen LogP contribution in [0.15, 0.2) is 0 Å². The Hall–Kier alpha value is -0.700. The fraction of sp³-hybridized carbons (Fsp3) is 0.778. The molecule has 0 bridgehead atoms. The van der Waals surface area contributed by atoms with Gasteiger partial charge >= 0.3 is 11.9 Å². The minimum atomic E-state index is -2.76. The van der Waals surface area contributed by atoms with Gasteiger partial charge in [-0.05, 0) is 13.8 Å². The first-order valence-corrected chi connectivity index (χ1v) is 4.86. The summed E-state index contributed by atoms with van der Waals surface area (Å²) in [5.74, 6) is -8.80. The number of aliphatic hydroxyl groups is 2. The minimum Gasteiger partial charge on any atom is -0.481 e. The normalized spacial score (nSPS) is 35.8. The van der Waals surface area contributed by atoms with Gasteiger partial charge in [0, 0.05) is 12.1 Å². The number of hydrogen-bond donors (Lipinski definition) is 5. The van der Waals surface area contributed by atoms with Crippen LogP contribution < -0.4 is 5.32 Å². The Bertz CT molecular complexity index is 293. The number of carboxylic acid groups (broad SMARTS) is 2. The molecule has 1 aliphatic heterocycles. The van der Waals surface area contributed by atoms with Crippen LogP contribution in [0.3, 0.4) is 0 Å². The molecule has 0 amide bonds. The molecule has 8 heteroatoms. The van der Waals surface area contributed by atoms with Gasteiger partial charge in [0.15, 0.2) is 5.79 Å². The standard InChI is InChI=1S/C9H15NO6.BrH/c1-3-5(7(11)12)9(15,16)6(8(13)14)4(2)10-3;/h3-6,10,15-16H,1-2H3,(H,11,12)(H,13,14);1H/t3-,4+,5?,6?;. The van der Waals surface area contributed by atoms with E-state index in [1.165, 1.54) is 13.8 Å². The zero-order valence-corrected chi connectivity index (χ0v) is 11.0. The third-order valence-corrected chi connectivity index (χ3v) is 2.97. The van der Waals surface area contributed by atoms with Crippen LogP contribution in [-0.2, 0) is 9.59 Å². The van der Waals surface area contributed by atoms with E-state index in [4.69, 9.17) is 10.2 Å². The number of carbonyl (C=O) groups is 2. The number of rotatable bonds is 2. The molecular weight excluding hydrogens is 298 g/mol. The summed E-state index contributed by atoms with van der Waals surface area (Å²) in [6, 6.07) is -1.45. The minimum absolute atomic E-state index is 0. The van der Waals surface area contributed by atoms with E-state index >= 15 is 0 Å². The predicted molar refractivity (Wildman–Crippen MR) is 61.8 cm³/mol. The molecule has 7 nitrogen and oxygen atoms in total. The van der Waals surface area contributed by atoms with Crippen molar-refractivity contribution in [3.05, 3.63) is 0 Å². The van der Waals surface area contributed by atoms with Crippen molar-refractivity contribution in [2.75, 3.05) is 0 Å². The third kappa shape index (κ3) is 2.76. The van der Waals surface area contributed by atoms with E-state index in [1.807, 2.05) is 0 Å². The number of piperidine rings is 1. The number of nitrogens with one attached hydrogen (secondary N) is 1. The van der Waals surface area contributed by atoms with Crippen molar-refractivity contribution < 1.29 is 30.0 Å². The van der Waals surface area contributed by atoms with E-state index in [0.29, 0.717) is 0 Å². The molecule has 0 saturated carbocycles. The van der Waals surface area contributed by atoms with Crippen LogP contribution in [0.25, 0.3) is 0 Å². The fourth-order valence-electron chi connectivity index (χ4n) is 2.33. The zero-order valence-electron chi connectivity index (χ0n) is 9.32. The molecule has 1 saturated heterocycles. The van der Waals surface area contributed by atoms with E-state index < -0.39 is 41.6 Å². The highest BCUT2D eigenvalue weighted by atomic mass is 79.9. The Morgan fingerprint density at radius 2 is 1.29 bits per heavy atom. The van der Waals surface area contributed by atoms with E-state index in [9.17, 15) is 19.8 Å². The van der Waals surface area contributed by atoms with Crippen molar-refractivity contribution in [3.63, 3.8) is 0 Å². The molecule has 0 spiro atoms. The Labute approximate surface area is 108 Å². The maximum Gasteiger partial charge on any atom is 0.313 e. The smallest absolute Gasteiger partial charge is 0.313 e. The molecule has 0 aromatic heterocycles. The van der Waals surface area contributed by atoms with Gasteiger partial charge in [0.2, 0.25) is 0 Å². The lowest BCUT2D eigenvalue weighted by atomic mass is 9.75. The van der Waals surface area contributed by atoms with E-state index in [2.05, 4.69) is 5.32 Å². The first-order valence-electron chi connectivity index (χ1n) is 4.86. The quantitative estimate of drug-likeness (QED) is 0.415. The highest BCUT2D eigenvalue weighted by Crippen LogP contribution is 2.34. The Morgan fingerprint density at radius 1 is 1.00 bits per heavy atom. The second-order valence-corrected chi connectivity index (χ2v) is 4.16. The van der Waals surface area contributed by atoms with Crippen LogP contribution in [0.4, 0.5) is 0 Å². The molecule has 0 aliphatic carbocycles. The van der Waals surface area contributed by atoms with Gasteiger partial charge in [-0.2, -0.15) is 0 Å². The SMILES string of the molecule is Br.C[C@@H]1N[C@H](C)C(C(=O)O)C(O)(O)C1C(=O)O. The number of aliphatic carboxylic acids is 2. The molecule has 2 unspecified atom stereocenters. The van der Waals surface area contributed by atoms with E-state index in [1.54, 1.807) is 0 Å². The second kappa shape index (κ2) is 5.30. The molecule has 0 aromatic rings. The van der Waals surface area contributed by atoms with Gasteiger partial charge in [-0.3, -0.25) is 9.59 Å². The first kappa shape index (κ1) is 16.3. The van der Waals surface area contributed by atoms with Crippen molar-refractivity contribution >= 4 is 28.9 Å². The van der Waals surface area contributed by atoms with Gasteiger partial charge in [-0.25, -0.2) is 0 Å². The average Bonchev–Trinajstić information content (AvgIpc) is 1.97. The lowest BCUT2D eigenvalue weighted by Gasteiger charge is -2.45. The summed E-state index contributed by atoms with van der Waals surface area (Å²) in [5, 5.41) is 39.9. The third-order valence-electron chi connectivity index (χ3n) is 2.97. The Balaban J connectivity index is 0.00000256. The van der Waals surface area contributed by atoms with Crippen LogP contribution in [0.5, 0.6) is 0 Å². The van der Waals surface area contributed by atoms with Crippen LogP contribution >= 0.6 is 17.0 Å². The Morgan fingerprint density at radius 3 is 1.53 bits per heavy atom. The summed E-state index contributed by atoms with van der Waals surface area (Å²) in [6.07, 6.45) is 0. The molecule has 1 aliphatic rings. The van der Waals surface area contributed by atoms with Crippen molar-refractivity contribution in [1.82, 2.24) is 5.32 Å². The maximum atomic E-state index is 10.9. The average molecular weight is 314 g/mol. The predicted octanol–water partition coefficient (Wildman–Crippen LogP) is -0.973. The zero-order chi connectivity index (χ0) is 12.7. The largest absolute Gasteiger partial charge is 0.481 e. The van der Waals surface area contributed by atoms with Crippen LogP contribution in [0, 0.1) is 11.8 Å². The summed E-state index contributed by atoms with van der Waals surface area (Å²) in [4.78, 5) is 21.8. The lowest BCUT2D eigenvalue weighted by molar-refractivity contribution is -0.260. The molecule has 100 valence electrons. The van der Waals surface area contributed by atoms with E-state index in [-0.39, 0.29) is 17.0 Å². The number of carboxylic acids is 2. The molecule has 4 atom stereocenters. The van der Waals surface area contributed by atoms with Gasteiger partial charge < -0.3 is 25.7 Å². The molecule has 1 rings (SSSR count). The molecule has 17 heavy (non-hydrogen) atoms. The maximum absolute atomic E-state index is 10.9. The van der Waals surface area contributed by atoms with Crippen molar-refractivity contribution in [2.45, 2.75) is 31.7 Å². The molecular formula is C9H16BrNO6. The summed E-state index contributed by atoms with van der Waals surface area (Å²) < 4.78 is 0. The van der Waals surface area contributed by atoms with Gasteiger partial charge in [0.05, 0.1) is 0 Å². The second-order valence-electron chi connectivity index (χ2n) is 4.16. The van der Waals surface area contributed by atoms with Crippen molar-refractivity contribution in [3.8, 4) is 0 Å². The number of hydrogen-bond acceptors (Lipinski definition) is 5. The highest BCUT2D eigenvalue weighted by molar-refractivity contribution is 8.93. The van der Waals surface area contributed by atoms with Crippen molar-refractivity contribution in [1.29, 1.82) is 0 Å². The molecule has 5 N–H and O–H groups in total. The Kier molecular flexibility index (Phi) is 5.08. The molecule has 1 heterocycles. The van der Waals surface area contributed by atoms with Gasteiger partial charge in [-0.1, -0.05) is 0 Å². The topological polar surface area (TPSA) is 127 Å². The lowest BCUT2D eigenvalue weighted by Crippen LogP contribution is -2.68. The summed E-state index contributed by atoms with van der Waals surface area (Å²) in [7, 11) is 0.